The quantitative estimate of drug-likeness (QED) is 0.869. The van der Waals surface area contributed by atoms with Gasteiger partial charge in [-0.1, -0.05) is 22.0 Å². The van der Waals surface area contributed by atoms with Crippen molar-refractivity contribution in [2.24, 2.45) is 0 Å². The summed E-state index contributed by atoms with van der Waals surface area (Å²) in [5, 5.41) is 6.17. The summed E-state index contributed by atoms with van der Waals surface area (Å²) in [7, 11) is 0. The predicted molar refractivity (Wildman–Crippen MR) is 87.3 cm³/mol. The number of fused-ring (bicyclic) bond motifs is 1. The Labute approximate surface area is 131 Å². The number of amides is 1. The summed E-state index contributed by atoms with van der Waals surface area (Å²) in [6.07, 6.45) is 0. The van der Waals surface area contributed by atoms with E-state index in [4.69, 9.17) is 4.74 Å². The van der Waals surface area contributed by atoms with Crippen molar-refractivity contribution < 1.29 is 9.53 Å². The molecule has 4 nitrogen and oxygen atoms in total. The third-order valence-electron chi connectivity index (χ3n) is 3.36. The monoisotopic (exact) mass is 346 g/mol. The molecule has 0 spiro atoms. The van der Waals surface area contributed by atoms with E-state index in [1.807, 2.05) is 37.3 Å². The third-order valence-corrected chi connectivity index (χ3v) is 3.85. The average molecular weight is 347 g/mol. The van der Waals surface area contributed by atoms with Crippen molar-refractivity contribution in [1.29, 1.82) is 0 Å². The first-order chi connectivity index (χ1) is 10.1. The van der Waals surface area contributed by atoms with Gasteiger partial charge in [0.05, 0.1) is 11.3 Å². The largest absolute Gasteiger partial charge is 0.489 e. The molecule has 1 aliphatic rings. The first-order valence-corrected chi connectivity index (χ1v) is 7.51. The molecule has 0 atom stereocenters. The van der Waals surface area contributed by atoms with E-state index in [0.29, 0.717) is 17.9 Å². The second kappa shape index (κ2) is 5.77. The molecule has 0 radical (unpaired) electrons. The molecular weight excluding hydrogens is 332 g/mol. The van der Waals surface area contributed by atoms with Crippen molar-refractivity contribution in [3.05, 3.63) is 52.0 Å². The van der Waals surface area contributed by atoms with Crippen LogP contribution in [0.3, 0.4) is 0 Å². The van der Waals surface area contributed by atoms with Gasteiger partial charge in [-0.05, 0) is 42.8 Å². The number of hydrogen-bond acceptors (Lipinski definition) is 3. The summed E-state index contributed by atoms with van der Waals surface area (Å²) in [6.45, 7) is 3.28. The molecule has 2 N–H and O–H groups in total. The van der Waals surface area contributed by atoms with Crippen molar-refractivity contribution >= 4 is 33.2 Å². The zero-order chi connectivity index (χ0) is 14.8. The van der Waals surface area contributed by atoms with Crippen molar-refractivity contribution in [2.45, 2.75) is 6.92 Å². The first kappa shape index (κ1) is 13.9. The number of benzene rings is 2. The van der Waals surface area contributed by atoms with Crippen LogP contribution in [0, 0.1) is 6.92 Å². The zero-order valence-electron chi connectivity index (χ0n) is 11.6. The number of halogens is 1. The summed E-state index contributed by atoms with van der Waals surface area (Å²) in [4.78, 5) is 12.5. The molecule has 3 rings (SSSR count). The summed E-state index contributed by atoms with van der Waals surface area (Å²) in [5.41, 5.74) is 3.20. The van der Waals surface area contributed by atoms with Crippen LogP contribution < -0.4 is 15.4 Å². The van der Waals surface area contributed by atoms with E-state index in [1.165, 1.54) is 0 Å². The van der Waals surface area contributed by atoms with Gasteiger partial charge in [0, 0.05) is 16.7 Å². The van der Waals surface area contributed by atoms with Gasteiger partial charge in [0.25, 0.3) is 5.91 Å². The number of carbonyl (C=O) groups is 1. The van der Waals surface area contributed by atoms with Gasteiger partial charge in [-0.3, -0.25) is 4.79 Å². The molecule has 2 aromatic carbocycles. The topological polar surface area (TPSA) is 50.4 Å². The smallest absolute Gasteiger partial charge is 0.259 e. The maximum atomic E-state index is 12.5. The zero-order valence-corrected chi connectivity index (χ0v) is 13.2. The van der Waals surface area contributed by atoms with Crippen molar-refractivity contribution in [3.8, 4) is 5.75 Å². The number of nitrogens with one attached hydrogen (secondary N) is 2. The lowest BCUT2D eigenvalue weighted by molar-refractivity contribution is 0.102. The van der Waals surface area contributed by atoms with Crippen LogP contribution in [-0.4, -0.2) is 19.1 Å². The van der Waals surface area contributed by atoms with Gasteiger partial charge >= 0.3 is 0 Å². The van der Waals surface area contributed by atoms with E-state index in [0.717, 1.165) is 28.0 Å². The van der Waals surface area contributed by atoms with Crippen LogP contribution in [0.15, 0.2) is 40.9 Å². The van der Waals surface area contributed by atoms with Gasteiger partial charge in [-0.15, -0.1) is 0 Å². The fourth-order valence-corrected chi connectivity index (χ4v) is 2.78. The normalized spacial score (nSPS) is 12.9. The lowest BCUT2D eigenvalue weighted by Gasteiger charge is -2.21. The second-order valence-electron chi connectivity index (χ2n) is 4.87. The molecule has 5 heteroatoms. The van der Waals surface area contributed by atoms with Crippen LogP contribution in [0.25, 0.3) is 0 Å². The number of ether oxygens (including phenoxy) is 1. The molecule has 0 aromatic heterocycles. The highest BCUT2D eigenvalue weighted by Crippen LogP contribution is 2.32. The van der Waals surface area contributed by atoms with E-state index in [-0.39, 0.29) is 5.91 Å². The standard InChI is InChI=1S/C16H15BrN2O2/c1-10-9-11(17)5-6-13(10)19-16(20)12-3-2-4-14-15(12)21-8-7-18-14/h2-6,9,18H,7-8H2,1H3,(H,19,20). The molecule has 1 aliphatic heterocycles. The first-order valence-electron chi connectivity index (χ1n) is 6.72. The van der Waals surface area contributed by atoms with E-state index >= 15 is 0 Å². The molecule has 0 aliphatic carbocycles. The Bertz CT molecular complexity index is 701. The fourth-order valence-electron chi connectivity index (χ4n) is 2.31. The molecule has 1 heterocycles. The lowest BCUT2D eigenvalue weighted by Crippen LogP contribution is -2.22. The number of para-hydroxylation sites is 1. The number of anilines is 2. The highest BCUT2D eigenvalue weighted by Gasteiger charge is 2.19. The average Bonchev–Trinajstić information content (AvgIpc) is 2.49. The molecule has 1 amide bonds. The van der Waals surface area contributed by atoms with E-state index in [9.17, 15) is 4.79 Å². The van der Waals surface area contributed by atoms with Gasteiger partial charge in [0.1, 0.15) is 6.61 Å². The predicted octanol–water partition coefficient (Wildman–Crippen LogP) is 3.81. The number of carbonyl (C=O) groups excluding carboxylic acids is 1. The second-order valence-corrected chi connectivity index (χ2v) is 5.79. The highest BCUT2D eigenvalue weighted by atomic mass is 79.9. The minimum absolute atomic E-state index is 0.166. The number of hydrogen-bond donors (Lipinski definition) is 2. The summed E-state index contributed by atoms with van der Waals surface area (Å²) in [6, 6.07) is 11.3. The van der Waals surface area contributed by atoms with Crippen LogP contribution in [0.4, 0.5) is 11.4 Å². The van der Waals surface area contributed by atoms with E-state index in [2.05, 4.69) is 26.6 Å². The summed E-state index contributed by atoms with van der Waals surface area (Å²) in [5.74, 6) is 0.456. The molecular formula is C16H15BrN2O2. The number of aryl methyl sites for hydroxylation is 1. The van der Waals surface area contributed by atoms with Gasteiger partial charge in [0.2, 0.25) is 0 Å². The van der Waals surface area contributed by atoms with E-state index < -0.39 is 0 Å². The van der Waals surface area contributed by atoms with Crippen LogP contribution in [0.1, 0.15) is 15.9 Å². The van der Waals surface area contributed by atoms with Gasteiger partial charge < -0.3 is 15.4 Å². The Kier molecular flexibility index (Phi) is 3.84. The fraction of sp³-hybridized carbons (Fsp3) is 0.188. The summed E-state index contributed by atoms with van der Waals surface area (Å²) < 4.78 is 6.62. The molecule has 108 valence electrons. The maximum Gasteiger partial charge on any atom is 0.259 e. The minimum atomic E-state index is -0.166. The molecule has 21 heavy (non-hydrogen) atoms. The highest BCUT2D eigenvalue weighted by molar-refractivity contribution is 9.10. The molecule has 0 bridgehead atoms. The molecule has 0 saturated heterocycles. The van der Waals surface area contributed by atoms with Crippen LogP contribution >= 0.6 is 15.9 Å². The lowest BCUT2D eigenvalue weighted by atomic mass is 10.1. The van der Waals surface area contributed by atoms with Crippen molar-refractivity contribution in [3.63, 3.8) is 0 Å². The molecule has 0 fully saturated rings. The van der Waals surface area contributed by atoms with Crippen LogP contribution in [-0.2, 0) is 0 Å². The maximum absolute atomic E-state index is 12.5. The Morgan fingerprint density at radius 2 is 2.19 bits per heavy atom. The van der Waals surface area contributed by atoms with Crippen LogP contribution in [0.5, 0.6) is 5.75 Å². The molecule has 0 unspecified atom stereocenters. The third kappa shape index (κ3) is 2.88. The Balaban J connectivity index is 1.89. The van der Waals surface area contributed by atoms with Gasteiger partial charge in [-0.25, -0.2) is 0 Å². The summed E-state index contributed by atoms with van der Waals surface area (Å²) >= 11 is 3.42. The molecule has 0 saturated carbocycles. The minimum Gasteiger partial charge on any atom is -0.489 e. The molecule has 2 aromatic rings. The van der Waals surface area contributed by atoms with Crippen LogP contribution in [0.2, 0.25) is 0 Å². The Morgan fingerprint density at radius 3 is 3.00 bits per heavy atom. The van der Waals surface area contributed by atoms with Gasteiger partial charge in [-0.2, -0.15) is 0 Å². The van der Waals surface area contributed by atoms with Crippen molar-refractivity contribution in [2.75, 3.05) is 23.8 Å². The Hall–Kier alpha value is -2.01. The van der Waals surface area contributed by atoms with E-state index in [1.54, 1.807) is 6.07 Å². The van der Waals surface area contributed by atoms with Gasteiger partial charge in [0.15, 0.2) is 5.75 Å². The number of rotatable bonds is 2. The van der Waals surface area contributed by atoms with Crippen molar-refractivity contribution in [1.82, 2.24) is 0 Å². The SMILES string of the molecule is Cc1cc(Br)ccc1NC(=O)c1cccc2c1OCCN2. The Morgan fingerprint density at radius 1 is 1.33 bits per heavy atom.